The molecule has 0 aromatic heterocycles. The fraction of sp³-hybridized carbons (Fsp3) is 0.650. The lowest BCUT2D eigenvalue weighted by Gasteiger charge is -2.42. The molecule has 0 spiro atoms. The molecule has 1 aliphatic heterocycles. The number of guanidine groups is 1. The Morgan fingerprint density at radius 2 is 1.80 bits per heavy atom. The second kappa shape index (κ2) is 9.20. The highest BCUT2D eigenvalue weighted by molar-refractivity contribution is 5.79. The third-order valence-electron chi connectivity index (χ3n) is 5.13. The first-order chi connectivity index (χ1) is 12.0. The van der Waals surface area contributed by atoms with Gasteiger partial charge < -0.3 is 19.9 Å². The van der Waals surface area contributed by atoms with Gasteiger partial charge in [-0.3, -0.25) is 4.99 Å². The van der Waals surface area contributed by atoms with E-state index in [1.807, 2.05) is 0 Å². The molecule has 140 valence electrons. The Bertz CT molecular complexity index is 547. The summed E-state index contributed by atoms with van der Waals surface area (Å²) in [7, 11) is 6.42. The number of aliphatic imine (C=N–C) groups is 1. The normalized spacial score (nSPS) is 17.6. The minimum Gasteiger partial charge on any atom is -0.381 e. The molecule has 1 N–H and O–H groups in total. The molecule has 1 aromatic carbocycles. The maximum absolute atomic E-state index is 5.56. The predicted octanol–water partition coefficient (Wildman–Crippen LogP) is 2.50. The zero-order valence-electron chi connectivity index (χ0n) is 16.5. The zero-order chi connectivity index (χ0) is 18.3. The summed E-state index contributed by atoms with van der Waals surface area (Å²) in [5, 5.41) is 3.44. The van der Waals surface area contributed by atoms with Gasteiger partial charge in [0.25, 0.3) is 0 Å². The first-order valence-electron chi connectivity index (χ1n) is 9.27. The van der Waals surface area contributed by atoms with Gasteiger partial charge >= 0.3 is 0 Å². The van der Waals surface area contributed by atoms with Gasteiger partial charge in [0.1, 0.15) is 0 Å². The van der Waals surface area contributed by atoms with Gasteiger partial charge in [0.05, 0.1) is 6.54 Å². The van der Waals surface area contributed by atoms with Crippen molar-refractivity contribution in [1.29, 1.82) is 0 Å². The van der Waals surface area contributed by atoms with Gasteiger partial charge in [-0.2, -0.15) is 0 Å². The summed E-state index contributed by atoms with van der Waals surface area (Å²) in [6, 6.07) is 8.71. The maximum atomic E-state index is 5.56. The molecule has 0 atom stereocenters. The molecule has 0 radical (unpaired) electrons. The van der Waals surface area contributed by atoms with Crippen LogP contribution in [0.1, 0.15) is 30.9 Å². The van der Waals surface area contributed by atoms with Gasteiger partial charge in [-0.05, 0) is 46.3 Å². The number of rotatable bonds is 6. The number of hydrogen-bond donors (Lipinski definition) is 1. The summed E-state index contributed by atoms with van der Waals surface area (Å²) in [4.78, 5) is 9.51. The van der Waals surface area contributed by atoms with Gasteiger partial charge in [0.15, 0.2) is 5.96 Å². The fourth-order valence-electron chi connectivity index (χ4n) is 3.23. The summed E-state index contributed by atoms with van der Waals surface area (Å²) in [6.45, 7) is 8.40. The molecule has 1 fully saturated rings. The van der Waals surface area contributed by atoms with Crippen molar-refractivity contribution in [3.63, 3.8) is 0 Å². The van der Waals surface area contributed by atoms with E-state index in [-0.39, 0.29) is 5.54 Å². The van der Waals surface area contributed by atoms with Crippen LogP contribution in [-0.4, -0.2) is 68.7 Å². The molecular formula is C20H34N4O. The molecule has 1 aliphatic rings. The third kappa shape index (κ3) is 5.44. The largest absolute Gasteiger partial charge is 0.381 e. The Morgan fingerprint density at radius 3 is 2.36 bits per heavy atom. The summed E-state index contributed by atoms with van der Waals surface area (Å²) in [5.74, 6) is 0.968. The Labute approximate surface area is 153 Å². The molecule has 2 rings (SSSR count). The Morgan fingerprint density at radius 1 is 1.16 bits per heavy atom. The van der Waals surface area contributed by atoms with Crippen LogP contribution in [0.5, 0.6) is 0 Å². The number of ether oxygens (including phenoxy) is 1. The van der Waals surface area contributed by atoms with E-state index >= 15 is 0 Å². The van der Waals surface area contributed by atoms with Crippen LogP contribution in [0.3, 0.4) is 0 Å². The Kier molecular flexibility index (Phi) is 7.26. The third-order valence-corrected chi connectivity index (χ3v) is 5.13. The minimum absolute atomic E-state index is 0.101. The molecular weight excluding hydrogens is 312 g/mol. The van der Waals surface area contributed by atoms with E-state index in [1.54, 1.807) is 0 Å². The lowest BCUT2D eigenvalue weighted by atomic mass is 9.89. The number of likely N-dealkylation sites (N-methyl/N-ethyl adjacent to an activating group) is 1. The van der Waals surface area contributed by atoms with Crippen molar-refractivity contribution in [2.75, 3.05) is 47.4 Å². The van der Waals surface area contributed by atoms with Crippen LogP contribution in [0.4, 0.5) is 0 Å². The molecule has 0 unspecified atom stereocenters. The molecule has 0 saturated carbocycles. The summed E-state index contributed by atoms with van der Waals surface area (Å²) in [5.41, 5.74) is 2.69. The van der Waals surface area contributed by atoms with Gasteiger partial charge in [-0.25, -0.2) is 0 Å². The Hall–Kier alpha value is -1.59. The highest BCUT2D eigenvalue weighted by atomic mass is 16.5. The van der Waals surface area contributed by atoms with Crippen molar-refractivity contribution < 1.29 is 4.74 Å². The monoisotopic (exact) mass is 346 g/mol. The number of aryl methyl sites for hydroxylation is 1. The zero-order valence-corrected chi connectivity index (χ0v) is 16.5. The first kappa shape index (κ1) is 19.7. The van der Waals surface area contributed by atoms with E-state index < -0.39 is 0 Å². The maximum Gasteiger partial charge on any atom is 0.194 e. The second-order valence-corrected chi connectivity index (χ2v) is 7.24. The van der Waals surface area contributed by atoms with Crippen molar-refractivity contribution in [3.8, 4) is 0 Å². The molecule has 0 aliphatic carbocycles. The molecule has 5 nitrogen and oxygen atoms in total. The molecule has 25 heavy (non-hydrogen) atoms. The predicted molar refractivity (Wildman–Crippen MR) is 105 cm³/mol. The standard InChI is InChI=1S/C20H34N4O/c1-6-21-19(24(5)15-18-9-7-17(2)8-10-18)22-16-20(23(3)4)11-13-25-14-12-20/h7-10H,6,11-16H2,1-5H3,(H,21,22). The summed E-state index contributed by atoms with van der Waals surface area (Å²) in [6.07, 6.45) is 2.06. The topological polar surface area (TPSA) is 40.1 Å². The van der Waals surface area contributed by atoms with E-state index in [2.05, 4.69) is 74.4 Å². The van der Waals surface area contributed by atoms with Crippen LogP contribution < -0.4 is 5.32 Å². The van der Waals surface area contributed by atoms with Crippen molar-refractivity contribution in [2.24, 2.45) is 4.99 Å². The molecule has 0 amide bonds. The lowest BCUT2D eigenvalue weighted by molar-refractivity contribution is -0.00262. The molecule has 1 aromatic rings. The number of benzene rings is 1. The summed E-state index contributed by atoms with van der Waals surface area (Å²) >= 11 is 0. The van der Waals surface area contributed by atoms with E-state index in [1.165, 1.54) is 11.1 Å². The van der Waals surface area contributed by atoms with Crippen LogP contribution in [0.25, 0.3) is 0 Å². The molecule has 0 bridgehead atoms. The smallest absolute Gasteiger partial charge is 0.194 e. The first-order valence-corrected chi connectivity index (χ1v) is 9.27. The van der Waals surface area contributed by atoms with E-state index in [0.717, 1.165) is 51.6 Å². The van der Waals surface area contributed by atoms with Crippen molar-refractivity contribution in [1.82, 2.24) is 15.1 Å². The van der Waals surface area contributed by atoms with Crippen LogP contribution in [0.2, 0.25) is 0 Å². The van der Waals surface area contributed by atoms with Crippen LogP contribution >= 0.6 is 0 Å². The van der Waals surface area contributed by atoms with E-state index in [4.69, 9.17) is 9.73 Å². The highest BCUT2D eigenvalue weighted by Crippen LogP contribution is 2.26. The second-order valence-electron chi connectivity index (χ2n) is 7.24. The summed E-state index contributed by atoms with van der Waals surface area (Å²) < 4.78 is 5.56. The number of hydrogen-bond acceptors (Lipinski definition) is 3. The van der Waals surface area contributed by atoms with Crippen LogP contribution in [0.15, 0.2) is 29.3 Å². The minimum atomic E-state index is 0.101. The molecule has 5 heteroatoms. The van der Waals surface area contributed by atoms with E-state index in [0.29, 0.717) is 0 Å². The lowest BCUT2D eigenvalue weighted by Crippen LogP contribution is -2.51. The van der Waals surface area contributed by atoms with Crippen LogP contribution in [-0.2, 0) is 11.3 Å². The highest BCUT2D eigenvalue weighted by Gasteiger charge is 2.34. The van der Waals surface area contributed by atoms with Crippen molar-refractivity contribution in [2.45, 2.75) is 38.8 Å². The van der Waals surface area contributed by atoms with Crippen molar-refractivity contribution >= 4 is 5.96 Å². The molecule has 1 heterocycles. The SMILES string of the molecule is CCNC(=NCC1(N(C)C)CCOCC1)N(C)Cc1ccc(C)cc1. The molecule has 1 saturated heterocycles. The van der Waals surface area contributed by atoms with Gasteiger partial charge in [0.2, 0.25) is 0 Å². The van der Waals surface area contributed by atoms with Gasteiger partial charge in [-0.1, -0.05) is 29.8 Å². The van der Waals surface area contributed by atoms with Gasteiger partial charge in [-0.15, -0.1) is 0 Å². The van der Waals surface area contributed by atoms with Crippen molar-refractivity contribution in [3.05, 3.63) is 35.4 Å². The average molecular weight is 347 g/mol. The number of nitrogens with zero attached hydrogens (tertiary/aromatic N) is 3. The Balaban J connectivity index is 2.09. The fourth-order valence-corrected chi connectivity index (χ4v) is 3.23. The quantitative estimate of drug-likeness (QED) is 0.635. The number of nitrogens with one attached hydrogen (secondary N) is 1. The van der Waals surface area contributed by atoms with Crippen LogP contribution in [0, 0.1) is 6.92 Å². The van der Waals surface area contributed by atoms with E-state index in [9.17, 15) is 0 Å². The average Bonchev–Trinajstić information content (AvgIpc) is 2.61. The van der Waals surface area contributed by atoms with Gasteiger partial charge in [0, 0.05) is 38.9 Å².